The number of carbonyl (C=O) groups is 2. The van der Waals surface area contributed by atoms with Gasteiger partial charge in [0.2, 0.25) is 9.84 Å². The van der Waals surface area contributed by atoms with Gasteiger partial charge in [0.25, 0.3) is 5.91 Å². The standard InChI is InChI=1S/C22H22N4O5S.C5H11N/c23-19(24)15-10-8-13(9-11-15)12-17(22(28)29)26-21(27)20(25)32(30,31)18-7-3-5-14-4-1-2-6-16(14)18;1-2-4-6-5-3-1/h1-11,17,20H,12,25H2,(H3,23,24)(H,26,27)(H,28,29);6H,1-5H2/t17-,20?;/m0./s1. The van der Waals surface area contributed by atoms with Crippen molar-refractivity contribution in [3.63, 3.8) is 0 Å². The predicted octanol–water partition coefficient (Wildman–Crippen LogP) is 1.75. The van der Waals surface area contributed by atoms with Crippen LogP contribution in [0.25, 0.3) is 10.8 Å². The topological polar surface area (TPSA) is 188 Å². The first-order valence-electron chi connectivity index (χ1n) is 12.3. The summed E-state index contributed by atoms with van der Waals surface area (Å²) in [4.78, 5) is 24.2. The van der Waals surface area contributed by atoms with Crippen LogP contribution in [0.5, 0.6) is 0 Å². The van der Waals surface area contributed by atoms with Crippen LogP contribution in [0.4, 0.5) is 0 Å². The van der Waals surface area contributed by atoms with Crippen molar-refractivity contribution in [1.29, 1.82) is 5.41 Å². The van der Waals surface area contributed by atoms with E-state index in [1.807, 2.05) is 0 Å². The highest BCUT2D eigenvalue weighted by atomic mass is 32.2. The van der Waals surface area contributed by atoms with E-state index in [0.717, 1.165) is 0 Å². The molecule has 2 atom stereocenters. The van der Waals surface area contributed by atoms with E-state index in [2.05, 4.69) is 10.6 Å². The van der Waals surface area contributed by atoms with Crippen LogP contribution in [-0.2, 0) is 25.8 Å². The SMILES string of the molecule is C1CCNCC1.N=C(N)c1ccc(C[C@H](NC(=O)C(N)S(=O)(=O)c2cccc3ccccc23)C(=O)O)cc1. The maximum atomic E-state index is 13.0. The zero-order valence-corrected chi connectivity index (χ0v) is 21.7. The average Bonchev–Trinajstić information content (AvgIpc) is 2.93. The Hall–Kier alpha value is -3.80. The number of benzene rings is 3. The second-order valence-corrected chi connectivity index (χ2v) is 11.0. The molecule has 4 rings (SSSR count). The van der Waals surface area contributed by atoms with Crippen LogP contribution in [0.1, 0.15) is 30.4 Å². The number of amidine groups is 1. The van der Waals surface area contributed by atoms with Crippen LogP contribution >= 0.6 is 0 Å². The highest BCUT2D eigenvalue weighted by Gasteiger charge is 2.34. The number of carboxylic acids is 1. The van der Waals surface area contributed by atoms with Gasteiger partial charge in [-0.2, -0.15) is 0 Å². The number of nitrogens with one attached hydrogen (secondary N) is 3. The van der Waals surface area contributed by atoms with E-state index in [-0.39, 0.29) is 17.2 Å². The first-order valence-corrected chi connectivity index (χ1v) is 13.8. The van der Waals surface area contributed by atoms with Crippen LogP contribution in [0.2, 0.25) is 0 Å². The molecular weight excluding hydrogens is 506 g/mol. The van der Waals surface area contributed by atoms with Crippen molar-refractivity contribution in [3.8, 4) is 0 Å². The number of nitrogen functional groups attached to an aromatic ring is 1. The molecular formula is C27H33N5O5S. The van der Waals surface area contributed by atoms with Crippen molar-refractivity contribution >= 4 is 38.3 Å². The lowest BCUT2D eigenvalue weighted by Gasteiger charge is -2.19. The maximum absolute atomic E-state index is 13.0. The largest absolute Gasteiger partial charge is 0.480 e. The number of nitrogens with two attached hydrogens (primary N) is 2. The third-order valence-electron chi connectivity index (χ3n) is 6.18. The van der Waals surface area contributed by atoms with Gasteiger partial charge in [-0.3, -0.25) is 10.2 Å². The Kier molecular flexibility index (Phi) is 9.94. The van der Waals surface area contributed by atoms with Crippen molar-refractivity contribution in [2.75, 3.05) is 13.1 Å². The third kappa shape index (κ3) is 7.37. The number of piperidine rings is 1. The van der Waals surface area contributed by atoms with Gasteiger partial charge >= 0.3 is 5.97 Å². The molecule has 8 N–H and O–H groups in total. The van der Waals surface area contributed by atoms with Crippen LogP contribution in [0, 0.1) is 5.41 Å². The lowest BCUT2D eigenvalue weighted by Crippen LogP contribution is -2.52. The van der Waals surface area contributed by atoms with Gasteiger partial charge in [0.05, 0.1) is 4.90 Å². The maximum Gasteiger partial charge on any atom is 0.326 e. The summed E-state index contributed by atoms with van der Waals surface area (Å²) in [5.41, 5.74) is 12.2. The van der Waals surface area contributed by atoms with Crippen molar-refractivity contribution in [3.05, 3.63) is 77.9 Å². The molecule has 1 heterocycles. The van der Waals surface area contributed by atoms with E-state index in [4.69, 9.17) is 16.9 Å². The molecule has 1 aliphatic rings. The van der Waals surface area contributed by atoms with E-state index in [9.17, 15) is 23.1 Å². The number of hydrogen-bond donors (Lipinski definition) is 6. The van der Waals surface area contributed by atoms with Crippen LogP contribution in [-0.4, -0.2) is 55.7 Å². The number of aliphatic carboxylic acids is 1. The molecule has 11 heteroatoms. The van der Waals surface area contributed by atoms with Gasteiger partial charge in [0.1, 0.15) is 11.9 Å². The summed E-state index contributed by atoms with van der Waals surface area (Å²) in [5.74, 6) is -2.60. The third-order valence-corrected chi connectivity index (χ3v) is 8.03. The fourth-order valence-electron chi connectivity index (χ4n) is 4.03. The average molecular weight is 540 g/mol. The van der Waals surface area contributed by atoms with E-state index in [1.165, 1.54) is 38.4 Å². The van der Waals surface area contributed by atoms with Gasteiger partial charge < -0.3 is 27.2 Å². The van der Waals surface area contributed by atoms with Gasteiger partial charge in [0.15, 0.2) is 5.37 Å². The lowest BCUT2D eigenvalue weighted by atomic mass is 10.0. The molecule has 1 aliphatic heterocycles. The fourth-order valence-corrected chi connectivity index (χ4v) is 5.42. The van der Waals surface area contributed by atoms with Crippen molar-refractivity contribution in [2.45, 2.75) is 42.0 Å². The smallest absolute Gasteiger partial charge is 0.326 e. The Balaban J connectivity index is 0.000000585. The molecule has 0 aliphatic carbocycles. The van der Waals surface area contributed by atoms with E-state index in [0.29, 0.717) is 21.9 Å². The monoisotopic (exact) mass is 539 g/mol. The molecule has 0 aromatic heterocycles. The Morgan fingerprint density at radius 3 is 2.16 bits per heavy atom. The van der Waals surface area contributed by atoms with Crippen molar-refractivity contribution < 1.29 is 23.1 Å². The number of fused-ring (bicyclic) bond motifs is 1. The Labute approximate surface area is 221 Å². The molecule has 38 heavy (non-hydrogen) atoms. The minimum Gasteiger partial charge on any atom is -0.480 e. The zero-order valence-electron chi connectivity index (χ0n) is 20.9. The minimum absolute atomic E-state index is 0.107. The zero-order chi connectivity index (χ0) is 27.7. The van der Waals surface area contributed by atoms with Gasteiger partial charge in [0, 0.05) is 17.4 Å². The molecule has 202 valence electrons. The van der Waals surface area contributed by atoms with Gasteiger partial charge in [-0.25, -0.2) is 13.2 Å². The van der Waals surface area contributed by atoms with E-state index >= 15 is 0 Å². The molecule has 0 spiro atoms. The van der Waals surface area contributed by atoms with Gasteiger partial charge in [-0.15, -0.1) is 0 Å². The number of carbonyl (C=O) groups excluding carboxylic acids is 1. The summed E-state index contributed by atoms with van der Waals surface area (Å²) in [7, 11) is -4.29. The first-order chi connectivity index (χ1) is 18.1. The van der Waals surface area contributed by atoms with Gasteiger partial charge in [-0.1, -0.05) is 67.1 Å². The summed E-state index contributed by atoms with van der Waals surface area (Å²) in [6, 6.07) is 16.3. The molecule has 1 fully saturated rings. The molecule has 1 amide bonds. The molecule has 0 bridgehead atoms. The van der Waals surface area contributed by atoms with Crippen LogP contribution in [0.15, 0.2) is 71.6 Å². The lowest BCUT2D eigenvalue weighted by molar-refractivity contribution is -0.141. The van der Waals surface area contributed by atoms with Crippen LogP contribution < -0.4 is 22.1 Å². The Morgan fingerprint density at radius 1 is 0.974 bits per heavy atom. The second kappa shape index (κ2) is 13.1. The first kappa shape index (κ1) is 28.8. The summed E-state index contributed by atoms with van der Waals surface area (Å²) >= 11 is 0. The molecule has 0 saturated carbocycles. The number of amides is 1. The van der Waals surface area contributed by atoms with Crippen molar-refractivity contribution in [1.82, 2.24) is 10.6 Å². The predicted molar refractivity (Wildman–Crippen MR) is 147 cm³/mol. The highest BCUT2D eigenvalue weighted by molar-refractivity contribution is 7.93. The Morgan fingerprint density at radius 2 is 1.61 bits per heavy atom. The summed E-state index contributed by atoms with van der Waals surface area (Å²) in [5, 5.41) is 21.5. The molecule has 10 nitrogen and oxygen atoms in total. The normalized spacial score (nSPS) is 15.0. The number of sulfone groups is 1. The number of carboxylic acid groups (broad SMARTS) is 1. The fraction of sp³-hybridized carbons (Fsp3) is 0.296. The Bertz CT molecular complexity index is 1370. The molecule has 3 aromatic carbocycles. The van der Waals surface area contributed by atoms with E-state index in [1.54, 1.807) is 60.7 Å². The number of rotatable bonds is 8. The van der Waals surface area contributed by atoms with E-state index < -0.39 is 33.1 Å². The quantitative estimate of drug-likeness (QED) is 0.184. The molecule has 0 radical (unpaired) electrons. The summed E-state index contributed by atoms with van der Waals surface area (Å²) < 4.78 is 26.1. The van der Waals surface area contributed by atoms with Crippen molar-refractivity contribution in [2.24, 2.45) is 11.5 Å². The minimum atomic E-state index is -4.29. The van der Waals surface area contributed by atoms with Crippen LogP contribution in [0.3, 0.4) is 0 Å². The molecule has 1 saturated heterocycles. The molecule has 1 unspecified atom stereocenters. The highest BCUT2D eigenvalue weighted by Crippen LogP contribution is 2.25. The summed E-state index contributed by atoms with van der Waals surface area (Å²) in [6.45, 7) is 2.50. The second-order valence-electron chi connectivity index (χ2n) is 8.97. The summed E-state index contributed by atoms with van der Waals surface area (Å²) in [6.07, 6.45) is 4.10. The van der Waals surface area contributed by atoms with Gasteiger partial charge in [-0.05, 0) is 42.9 Å². The number of hydrogen-bond acceptors (Lipinski definition) is 7. The molecule has 3 aromatic rings.